The number of phosphoric acid groups is 1. The first-order valence-electron chi connectivity index (χ1n) is 21.3. The van der Waals surface area contributed by atoms with E-state index in [1.54, 1.807) is 0 Å². The van der Waals surface area contributed by atoms with Crippen molar-refractivity contribution < 1.29 is 37.6 Å². The number of nitrogens with two attached hydrogens (primary N) is 1. The van der Waals surface area contributed by atoms with Gasteiger partial charge in [0.15, 0.2) is 6.10 Å². The van der Waals surface area contributed by atoms with Crippen molar-refractivity contribution in [1.82, 2.24) is 0 Å². The topological polar surface area (TPSA) is 134 Å². The Bertz CT molecular complexity index is 912. The second kappa shape index (κ2) is 39.2. The van der Waals surface area contributed by atoms with Gasteiger partial charge in [0, 0.05) is 19.4 Å². The molecule has 0 rings (SSSR count). The molecular weight excluding hydrogens is 677 g/mol. The standard InChI is InChI=1S/C42H80NO8P/c1-3-5-7-9-11-13-15-17-18-19-20-21-22-23-25-27-29-31-33-35-42(45)51-40(39-50-52(46,47)49-37-36-43)38-48-41(44)34-32-30-28-26-24-16-14-12-10-8-6-4-2/h11,13,17-18,40H,3-10,12,14-16,19-39,43H2,1-2H3,(H,46,47). The molecule has 0 spiro atoms. The number of esters is 2. The molecule has 2 unspecified atom stereocenters. The number of carbonyl (C=O) groups is 2. The second-order valence-electron chi connectivity index (χ2n) is 14.2. The van der Waals surface area contributed by atoms with Gasteiger partial charge in [-0.1, -0.05) is 167 Å². The zero-order valence-electron chi connectivity index (χ0n) is 33.6. The maximum atomic E-state index is 12.6. The summed E-state index contributed by atoms with van der Waals surface area (Å²) in [6.45, 7) is 3.71. The molecule has 52 heavy (non-hydrogen) atoms. The number of hydrogen-bond donors (Lipinski definition) is 2. The van der Waals surface area contributed by atoms with Gasteiger partial charge in [-0.25, -0.2) is 4.57 Å². The lowest BCUT2D eigenvalue weighted by Crippen LogP contribution is -2.29. The van der Waals surface area contributed by atoms with Crippen LogP contribution in [0.25, 0.3) is 0 Å². The highest BCUT2D eigenvalue weighted by Gasteiger charge is 2.26. The maximum Gasteiger partial charge on any atom is 0.472 e. The van der Waals surface area contributed by atoms with Crippen LogP contribution in [0, 0.1) is 0 Å². The first kappa shape index (κ1) is 50.5. The quantitative estimate of drug-likeness (QED) is 0.0271. The zero-order chi connectivity index (χ0) is 38.2. The first-order chi connectivity index (χ1) is 25.3. The van der Waals surface area contributed by atoms with Crippen molar-refractivity contribution in [3.8, 4) is 0 Å². The Balaban J connectivity index is 4.13. The fraction of sp³-hybridized carbons (Fsp3) is 0.857. The molecule has 3 N–H and O–H groups in total. The summed E-state index contributed by atoms with van der Waals surface area (Å²) in [6.07, 6.45) is 40.6. The van der Waals surface area contributed by atoms with E-state index in [4.69, 9.17) is 24.3 Å². The molecule has 0 amide bonds. The van der Waals surface area contributed by atoms with Crippen LogP contribution in [-0.4, -0.2) is 49.3 Å². The van der Waals surface area contributed by atoms with Crippen LogP contribution < -0.4 is 5.73 Å². The molecule has 10 heteroatoms. The van der Waals surface area contributed by atoms with Gasteiger partial charge in [0.05, 0.1) is 13.2 Å². The first-order valence-corrected chi connectivity index (χ1v) is 22.8. The third kappa shape index (κ3) is 38.2. The molecule has 0 heterocycles. The number of hydrogen-bond acceptors (Lipinski definition) is 8. The van der Waals surface area contributed by atoms with Crippen molar-refractivity contribution in [3.05, 3.63) is 24.3 Å². The van der Waals surface area contributed by atoms with Gasteiger partial charge in [0.1, 0.15) is 6.61 Å². The number of ether oxygens (including phenoxy) is 2. The van der Waals surface area contributed by atoms with Crippen molar-refractivity contribution >= 4 is 19.8 Å². The number of rotatable bonds is 40. The Labute approximate surface area is 319 Å². The van der Waals surface area contributed by atoms with E-state index in [1.807, 2.05) is 0 Å². The minimum atomic E-state index is -4.37. The number of carbonyl (C=O) groups excluding carboxylic acids is 2. The van der Waals surface area contributed by atoms with Gasteiger partial charge in [-0.2, -0.15) is 0 Å². The molecule has 0 fully saturated rings. The third-order valence-electron chi connectivity index (χ3n) is 9.09. The van der Waals surface area contributed by atoms with E-state index < -0.39 is 26.5 Å². The molecule has 0 aliphatic carbocycles. The Morgan fingerprint density at radius 2 is 1.00 bits per heavy atom. The van der Waals surface area contributed by atoms with Crippen molar-refractivity contribution in [2.24, 2.45) is 5.73 Å². The zero-order valence-corrected chi connectivity index (χ0v) is 34.4. The van der Waals surface area contributed by atoms with Crippen LogP contribution in [0.2, 0.25) is 0 Å². The van der Waals surface area contributed by atoms with Crippen molar-refractivity contribution in [2.45, 2.75) is 206 Å². The summed E-state index contributed by atoms with van der Waals surface area (Å²) >= 11 is 0. The highest BCUT2D eigenvalue weighted by molar-refractivity contribution is 7.47. The summed E-state index contributed by atoms with van der Waals surface area (Å²) in [5.74, 6) is -0.828. The summed E-state index contributed by atoms with van der Waals surface area (Å²) in [4.78, 5) is 34.8. The fourth-order valence-electron chi connectivity index (χ4n) is 5.90. The summed E-state index contributed by atoms with van der Waals surface area (Å²) < 4.78 is 32.7. The molecule has 0 aliphatic heterocycles. The maximum absolute atomic E-state index is 12.6. The second-order valence-corrected chi connectivity index (χ2v) is 15.7. The van der Waals surface area contributed by atoms with E-state index in [2.05, 4.69) is 38.2 Å². The van der Waals surface area contributed by atoms with Crippen LogP contribution in [0.3, 0.4) is 0 Å². The van der Waals surface area contributed by atoms with Gasteiger partial charge >= 0.3 is 19.8 Å². The molecule has 9 nitrogen and oxygen atoms in total. The third-order valence-corrected chi connectivity index (χ3v) is 10.1. The summed E-state index contributed by atoms with van der Waals surface area (Å²) in [7, 11) is -4.37. The summed E-state index contributed by atoms with van der Waals surface area (Å²) in [5.41, 5.74) is 5.34. The van der Waals surface area contributed by atoms with E-state index >= 15 is 0 Å². The van der Waals surface area contributed by atoms with Crippen molar-refractivity contribution in [1.29, 1.82) is 0 Å². The predicted octanol–water partition coefficient (Wildman–Crippen LogP) is 12.0. The summed E-state index contributed by atoms with van der Waals surface area (Å²) in [6, 6.07) is 0. The molecule has 0 aromatic rings. The molecule has 0 aromatic heterocycles. The molecule has 2 atom stereocenters. The number of phosphoric ester groups is 1. The minimum Gasteiger partial charge on any atom is -0.462 e. The van der Waals surface area contributed by atoms with Gasteiger partial charge in [-0.3, -0.25) is 18.6 Å². The van der Waals surface area contributed by atoms with Crippen molar-refractivity contribution in [3.63, 3.8) is 0 Å². The van der Waals surface area contributed by atoms with Crippen molar-refractivity contribution in [2.75, 3.05) is 26.4 Å². The van der Waals surface area contributed by atoms with E-state index in [9.17, 15) is 19.0 Å². The average Bonchev–Trinajstić information content (AvgIpc) is 3.13. The highest BCUT2D eigenvalue weighted by Crippen LogP contribution is 2.43. The van der Waals surface area contributed by atoms with Gasteiger partial charge in [0.25, 0.3) is 0 Å². The molecule has 306 valence electrons. The fourth-order valence-corrected chi connectivity index (χ4v) is 6.67. The lowest BCUT2D eigenvalue weighted by Gasteiger charge is -2.19. The Morgan fingerprint density at radius 3 is 1.50 bits per heavy atom. The molecular formula is C42H80NO8P. The van der Waals surface area contributed by atoms with Gasteiger partial charge in [-0.15, -0.1) is 0 Å². The Hall–Kier alpha value is -1.51. The monoisotopic (exact) mass is 758 g/mol. The molecule has 0 aromatic carbocycles. The largest absolute Gasteiger partial charge is 0.472 e. The SMILES string of the molecule is CCCCCC=CCC=CCCCCCCCCCCCC(=O)OC(COC(=O)CCCCCCCCCCCCCC)COP(=O)(O)OCCN. The van der Waals surface area contributed by atoms with Crippen LogP contribution in [0.15, 0.2) is 24.3 Å². The minimum absolute atomic E-state index is 0.0542. The van der Waals surface area contributed by atoms with Crippen LogP contribution in [-0.2, 0) is 32.7 Å². The van der Waals surface area contributed by atoms with Crippen LogP contribution in [0.4, 0.5) is 0 Å². The predicted molar refractivity (Wildman–Crippen MR) is 215 cm³/mol. The van der Waals surface area contributed by atoms with Gasteiger partial charge < -0.3 is 20.1 Å². The van der Waals surface area contributed by atoms with E-state index in [0.717, 1.165) is 51.4 Å². The van der Waals surface area contributed by atoms with Gasteiger partial charge in [-0.05, 0) is 44.9 Å². The van der Waals surface area contributed by atoms with Gasteiger partial charge in [0.2, 0.25) is 0 Å². The number of allylic oxidation sites excluding steroid dienone is 4. The molecule has 0 saturated heterocycles. The Kier molecular flexibility index (Phi) is 38.1. The van der Waals surface area contributed by atoms with E-state index in [-0.39, 0.29) is 38.6 Å². The molecule has 0 aliphatic rings. The van der Waals surface area contributed by atoms with Crippen LogP contribution in [0.1, 0.15) is 200 Å². The average molecular weight is 758 g/mol. The smallest absolute Gasteiger partial charge is 0.462 e. The molecule has 0 saturated carbocycles. The molecule has 0 radical (unpaired) electrons. The number of unbranched alkanes of at least 4 members (excludes halogenated alkanes) is 23. The lowest BCUT2D eigenvalue weighted by atomic mass is 10.0. The molecule has 0 bridgehead atoms. The highest BCUT2D eigenvalue weighted by atomic mass is 31.2. The van der Waals surface area contributed by atoms with E-state index in [1.165, 1.54) is 116 Å². The van der Waals surface area contributed by atoms with E-state index in [0.29, 0.717) is 6.42 Å². The van der Waals surface area contributed by atoms with Crippen LogP contribution in [0.5, 0.6) is 0 Å². The normalized spacial score (nSPS) is 13.5. The Morgan fingerprint density at radius 1 is 0.577 bits per heavy atom. The summed E-state index contributed by atoms with van der Waals surface area (Å²) in [5, 5.41) is 0. The van der Waals surface area contributed by atoms with Crippen LogP contribution >= 0.6 is 7.82 Å². The lowest BCUT2D eigenvalue weighted by molar-refractivity contribution is -0.161.